The van der Waals surface area contributed by atoms with Gasteiger partial charge in [-0.15, -0.1) is 0 Å². The molecule has 0 aliphatic rings. The minimum Gasteiger partial charge on any atom is -0.324 e. The number of rotatable bonds is 5. The highest BCUT2D eigenvalue weighted by Crippen LogP contribution is 2.21. The molecule has 1 N–H and O–H groups in total. The zero-order valence-electron chi connectivity index (χ0n) is 13.5. The fourth-order valence-electron chi connectivity index (χ4n) is 2.49. The summed E-state index contributed by atoms with van der Waals surface area (Å²) in [7, 11) is 0. The van der Waals surface area contributed by atoms with E-state index in [9.17, 15) is 14.9 Å². The van der Waals surface area contributed by atoms with Crippen LogP contribution in [0.3, 0.4) is 0 Å². The fraction of sp³-hybridized carbons (Fsp3) is 0.111. The van der Waals surface area contributed by atoms with Crippen LogP contribution in [0, 0.1) is 17.0 Å². The van der Waals surface area contributed by atoms with Crippen molar-refractivity contribution < 1.29 is 9.72 Å². The van der Waals surface area contributed by atoms with E-state index in [1.807, 2.05) is 54.6 Å². The normalized spacial score (nSPS) is 10.4. The zero-order valence-corrected chi connectivity index (χ0v) is 13.5. The van der Waals surface area contributed by atoms with Crippen molar-refractivity contribution in [2.45, 2.75) is 13.5 Å². The van der Waals surface area contributed by atoms with Gasteiger partial charge in [0, 0.05) is 5.69 Å². The van der Waals surface area contributed by atoms with Gasteiger partial charge in [-0.05, 0) is 30.2 Å². The maximum Gasteiger partial charge on any atom is 0.309 e. The van der Waals surface area contributed by atoms with Gasteiger partial charge in [-0.25, -0.2) is 0 Å². The molecule has 0 unspecified atom stereocenters. The summed E-state index contributed by atoms with van der Waals surface area (Å²) in [6.45, 7) is 1.48. The number of carbonyl (C=O) groups is 1. The number of hydrogen-bond acceptors (Lipinski definition) is 4. The molecule has 3 aromatic rings. The van der Waals surface area contributed by atoms with Gasteiger partial charge in [0.1, 0.15) is 18.4 Å². The molecule has 0 saturated carbocycles. The summed E-state index contributed by atoms with van der Waals surface area (Å²) in [5.74, 6) is -0.298. The van der Waals surface area contributed by atoms with Gasteiger partial charge in [-0.3, -0.25) is 19.6 Å². The third-order valence-electron chi connectivity index (χ3n) is 3.84. The third kappa shape index (κ3) is 3.72. The fourth-order valence-corrected chi connectivity index (χ4v) is 2.49. The largest absolute Gasteiger partial charge is 0.324 e. The van der Waals surface area contributed by atoms with Crippen molar-refractivity contribution in [2.75, 3.05) is 5.32 Å². The van der Waals surface area contributed by atoms with Crippen LogP contribution in [-0.4, -0.2) is 20.6 Å². The lowest BCUT2D eigenvalue weighted by atomic mass is 10.1. The molecule has 3 rings (SSSR count). The molecule has 0 fully saturated rings. The number of anilines is 1. The molecule has 1 aromatic heterocycles. The van der Waals surface area contributed by atoms with E-state index in [0.717, 1.165) is 17.3 Å². The number of nitrogens with zero attached hydrogens (tertiary/aromatic N) is 3. The summed E-state index contributed by atoms with van der Waals surface area (Å²) in [4.78, 5) is 22.4. The van der Waals surface area contributed by atoms with E-state index >= 15 is 0 Å². The molecule has 1 amide bonds. The van der Waals surface area contributed by atoms with Crippen LogP contribution in [0.15, 0.2) is 60.8 Å². The maximum atomic E-state index is 12.1. The molecule has 126 valence electrons. The number of nitro groups is 1. The molecule has 25 heavy (non-hydrogen) atoms. The monoisotopic (exact) mass is 336 g/mol. The molecule has 0 aliphatic carbocycles. The molecule has 0 spiro atoms. The predicted molar refractivity (Wildman–Crippen MR) is 94.1 cm³/mol. The van der Waals surface area contributed by atoms with Crippen molar-refractivity contribution in [3.05, 3.63) is 76.6 Å². The second-order valence-electron chi connectivity index (χ2n) is 5.52. The lowest BCUT2D eigenvalue weighted by Gasteiger charge is -2.08. The second-order valence-corrected chi connectivity index (χ2v) is 5.52. The number of benzene rings is 2. The molecule has 0 aliphatic heterocycles. The van der Waals surface area contributed by atoms with Crippen LogP contribution in [0.25, 0.3) is 11.1 Å². The zero-order chi connectivity index (χ0) is 17.8. The molecule has 2 aromatic carbocycles. The van der Waals surface area contributed by atoms with E-state index in [1.165, 1.54) is 4.68 Å². The average Bonchev–Trinajstić information content (AvgIpc) is 2.97. The van der Waals surface area contributed by atoms with Gasteiger partial charge in [0.05, 0.1) is 4.92 Å². The predicted octanol–water partition coefficient (Wildman–Crippen LogP) is 3.41. The first-order chi connectivity index (χ1) is 12.0. The number of aromatic nitrogens is 2. The van der Waals surface area contributed by atoms with Crippen LogP contribution in [0.2, 0.25) is 0 Å². The maximum absolute atomic E-state index is 12.1. The molecular weight excluding hydrogens is 320 g/mol. The Morgan fingerprint density at radius 1 is 1.12 bits per heavy atom. The number of hydrogen-bond donors (Lipinski definition) is 1. The van der Waals surface area contributed by atoms with Crippen molar-refractivity contribution in [1.29, 1.82) is 0 Å². The van der Waals surface area contributed by atoms with Crippen LogP contribution in [0.5, 0.6) is 0 Å². The minimum atomic E-state index is -0.515. The first kappa shape index (κ1) is 16.4. The number of carbonyl (C=O) groups excluding carboxylic acids is 1. The van der Waals surface area contributed by atoms with Crippen LogP contribution >= 0.6 is 0 Å². The topological polar surface area (TPSA) is 90.1 Å². The average molecular weight is 336 g/mol. The molecular formula is C18H16N4O3. The summed E-state index contributed by atoms with van der Waals surface area (Å²) in [6.07, 6.45) is 1.15. The smallest absolute Gasteiger partial charge is 0.309 e. The van der Waals surface area contributed by atoms with Gasteiger partial charge in [0.25, 0.3) is 0 Å². The Bertz CT molecular complexity index is 902. The summed E-state index contributed by atoms with van der Waals surface area (Å²) in [5.41, 5.74) is 3.06. The molecule has 0 atom stereocenters. The van der Waals surface area contributed by atoms with Crippen molar-refractivity contribution >= 4 is 17.3 Å². The minimum absolute atomic E-state index is 0.0832. The molecule has 7 heteroatoms. The van der Waals surface area contributed by atoms with E-state index < -0.39 is 4.92 Å². The van der Waals surface area contributed by atoms with Crippen LogP contribution in [0.1, 0.15) is 5.69 Å². The van der Waals surface area contributed by atoms with E-state index in [4.69, 9.17) is 0 Å². The van der Waals surface area contributed by atoms with Crippen molar-refractivity contribution in [3.63, 3.8) is 0 Å². The quantitative estimate of drug-likeness (QED) is 0.571. The third-order valence-corrected chi connectivity index (χ3v) is 3.84. The highest BCUT2D eigenvalue weighted by Gasteiger charge is 2.17. The van der Waals surface area contributed by atoms with Crippen molar-refractivity contribution in [3.8, 4) is 11.1 Å². The standard InChI is InChI=1S/C18H16N4O3/c1-13-17(22(24)25)11-19-21(13)12-18(23)20-16-9-7-15(8-10-16)14-5-3-2-4-6-14/h2-11H,12H2,1H3,(H,20,23). The van der Waals surface area contributed by atoms with Gasteiger partial charge in [-0.2, -0.15) is 5.10 Å². The Labute approximate surface area is 144 Å². The Morgan fingerprint density at radius 2 is 1.76 bits per heavy atom. The molecule has 1 heterocycles. The summed E-state index contributed by atoms with van der Waals surface area (Å²) in [5, 5.41) is 17.5. The van der Waals surface area contributed by atoms with Gasteiger partial charge >= 0.3 is 5.69 Å². The lowest BCUT2D eigenvalue weighted by Crippen LogP contribution is -2.20. The Kier molecular flexibility index (Phi) is 4.56. The molecule has 0 saturated heterocycles. The van der Waals surface area contributed by atoms with E-state index in [2.05, 4.69) is 10.4 Å². The molecule has 7 nitrogen and oxygen atoms in total. The summed E-state index contributed by atoms with van der Waals surface area (Å²) >= 11 is 0. The SMILES string of the molecule is Cc1c([N+](=O)[O-])cnn1CC(=O)Nc1ccc(-c2ccccc2)cc1. The first-order valence-corrected chi connectivity index (χ1v) is 7.67. The van der Waals surface area contributed by atoms with E-state index in [-0.39, 0.29) is 18.1 Å². The summed E-state index contributed by atoms with van der Waals surface area (Å²) < 4.78 is 1.31. The Morgan fingerprint density at radius 3 is 2.36 bits per heavy atom. The van der Waals surface area contributed by atoms with E-state index in [0.29, 0.717) is 11.4 Å². The van der Waals surface area contributed by atoms with Crippen molar-refractivity contribution in [2.24, 2.45) is 0 Å². The highest BCUT2D eigenvalue weighted by atomic mass is 16.6. The van der Waals surface area contributed by atoms with E-state index in [1.54, 1.807) is 6.92 Å². The van der Waals surface area contributed by atoms with Gasteiger partial charge < -0.3 is 5.32 Å². The Hall–Kier alpha value is -3.48. The molecule has 0 radical (unpaired) electrons. The highest BCUT2D eigenvalue weighted by molar-refractivity contribution is 5.90. The van der Waals surface area contributed by atoms with Crippen LogP contribution < -0.4 is 5.32 Å². The molecule has 0 bridgehead atoms. The first-order valence-electron chi connectivity index (χ1n) is 7.67. The van der Waals surface area contributed by atoms with Gasteiger partial charge in [0.2, 0.25) is 5.91 Å². The van der Waals surface area contributed by atoms with Crippen LogP contribution in [-0.2, 0) is 11.3 Å². The Balaban J connectivity index is 1.66. The number of amides is 1. The van der Waals surface area contributed by atoms with Gasteiger partial charge in [-0.1, -0.05) is 42.5 Å². The second kappa shape index (κ2) is 6.96. The summed E-state index contributed by atoms with van der Waals surface area (Å²) in [6, 6.07) is 17.4. The van der Waals surface area contributed by atoms with Gasteiger partial charge in [0.15, 0.2) is 0 Å². The van der Waals surface area contributed by atoms with Crippen LogP contribution in [0.4, 0.5) is 11.4 Å². The lowest BCUT2D eigenvalue weighted by molar-refractivity contribution is -0.385. The number of nitrogens with one attached hydrogen (secondary N) is 1. The van der Waals surface area contributed by atoms with Crippen molar-refractivity contribution in [1.82, 2.24) is 9.78 Å².